The monoisotopic (exact) mass is 325 g/mol. The molecule has 2 aromatic carbocycles. The van der Waals surface area contributed by atoms with E-state index in [1.54, 1.807) is 0 Å². The fourth-order valence-corrected chi connectivity index (χ4v) is 2.18. The Morgan fingerprint density at radius 1 is 1.12 bits per heavy atom. The Balaban J connectivity index is 2.17. The summed E-state index contributed by atoms with van der Waals surface area (Å²) in [5.41, 5.74) is 4.32. The molecule has 0 unspecified atom stereocenters. The molecule has 0 aliphatic carbocycles. The van der Waals surface area contributed by atoms with Crippen LogP contribution in [0.4, 0.5) is 5.69 Å². The lowest BCUT2D eigenvalue weighted by atomic mass is 10.1. The van der Waals surface area contributed by atoms with Crippen molar-refractivity contribution in [3.63, 3.8) is 0 Å². The number of amides is 1. The van der Waals surface area contributed by atoms with Gasteiger partial charge in [-0.2, -0.15) is 5.10 Å². The summed E-state index contributed by atoms with van der Waals surface area (Å²) in [4.78, 5) is 22.4. The van der Waals surface area contributed by atoms with E-state index in [2.05, 4.69) is 17.5 Å². The van der Waals surface area contributed by atoms with Crippen LogP contribution in [0.3, 0.4) is 0 Å². The predicted molar refractivity (Wildman–Crippen MR) is 93.1 cm³/mol. The van der Waals surface area contributed by atoms with E-state index in [0.717, 1.165) is 30.5 Å². The summed E-state index contributed by atoms with van der Waals surface area (Å²) < 4.78 is 0. The van der Waals surface area contributed by atoms with Gasteiger partial charge in [0, 0.05) is 17.7 Å². The van der Waals surface area contributed by atoms with E-state index < -0.39 is 10.8 Å². The maximum atomic E-state index is 12.2. The van der Waals surface area contributed by atoms with Crippen molar-refractivity contribution in [2.45, 2.75) is 26.2 Å². The number of benzene rings is 2. The zero-order valence-electron chi connectivity index (χ0n) is 13.4. The highest BCUT2D eigenvalue weighted by molar-refractivity contribution is 6.02. The first-order valence-corrected chi connectivity index (χ1v) is 7.78. The topological polar surface area (TPSA) is 84.6 Å². The quantitative estimate of drug-likeness (QED) is 0.475. The van der Waals surface area contributed by atoms with Crippen LogP contribution in [-0.2, 0) is 0 Å². The number of non-ortho nitro benzene ring substituents is 1. The summed E-state index contributed by atoms with van der Waals surface area (Å²) in [5.74, 6) is -0.469. The Kier molecular flexibility index (Phi) is 6.19. The lowest BCUT2D eigenvalue weighted by molar-refractivity contribution is -0.384. The van der Waals surface area contributed by atoms with Gasteiger partial charge < -0.3 is 0 Å². The Morgan fingerprint density at radius 2 is 1.83 bits per heavy atom. The van der Waals surface area contributed by atoms with Gasteiger partial charge in [0.1, 0.15) is 0 Å². The third kappa shape index (κ3) is 4.74. The molecular weight excluding hydrogens is 306 g/mol. The Morgan fingerprint density at radius 3 is 2.50 bits per heavy atom. The van der Waals surface area contributed by atoms with Crippen molar-refractivity contribution in [1.29, 1.82) is 0 Å². The van der Waals surface area contributed by atoms with Crippen LogP contribution in [0.2, 0.25) is 0 Å². The molecule has 0 aliphatic heterocycles. The SMILES string of the molecule is CCCC/C(=N/NC(=O)c1cccc([N+](=O)[O-])c1)c1ccccc1. The summed E-state index contributed by atoms with van der Waals surface area (Å²) >= 11 is 0. The van der Waals surface area contributed by atoms with Crippen molar-refractivity contribution in [1.82, 2.24) is 5.43 Å². The van der Waals surface area contributed by atoms with Crippen molar-refractivity contribution >= 4 is 17.3 Å². The predicted octanol–water partition coefficient (Wildman–Crippen LogP) is 3.92. The number of hydrogen-bond acceptors (Lipinski definition) is 4. The van der Waals surface area contributed by atoms with Crippen molar-refractivity contribution in [2.75, 3.05) is 0 Å². The van der Waals surface area contributed by atoms with E-state index in [9.17, 15) is 14.9 Å². The number of nitro benzene ring substituents is 1. The molecular formula is C18H19N3O3. The Labute approximate surface area is 140 Å². The lowest BCUT2D eigenvalue weighted by Crippen LogP contribution is -2.20. The van der Waals surface area contributed by atoms with Gasteiger partial charge in [0.05, 0.1) is 10.6 Å². The van der Waals surface area contributed by atoms with Crippen LogP contribution in [0.25, 0.3) is 0 Å². The smallest absolute Gasteiger partial charge is 0.267 e. The molecule has 1 amide bonds. The zero-order valence-corrected chi connectivity index (χ0v) is 13.4. The van der Waals surface area contributed by atoms with E-state index in [-0.39, 0.29) is 11.3 Å². The van der Waals surface area contributed by atoms with Crippen molar-refractivity contribution in [3.05, 3.63) is 75.8 Å². The van der Waals surface area contributed by atoms with E-state index in [1.165, 1.54) is 24.3 Å². The van der Waals surface area contributed by atoms with Gasteiger partial charge in [0.25, 0.3) is 11.6 Å². The number of hydrogen-bond donors (Lipinski definition) is 1. The van der Waals surface area contributed by atoms with Gasteiger partial charge in [-0.15, -0.1) is 0 Å². The second kappa shape index (κ2) is 8.57. The maximum absolute atomic E-state index is 12.2. The molecule has 6 nitrogen and oxygen atoms in total. The fourth-order valence-electron chi connectivity index (χ4n) is 2.18. The largest absolute Gasteiger partial charge is 0.271 e. The highest BCUT2D eigenvalue weighted by Crippen LogP contribution is 2.13. The minimum absolute atomic E-state index is 0.124. The van der Waals surface area contributed by atoms with Crippen LogP contribution >= 0.6 is 0 Å². The second-order valence-corrected chi connectivity index (χ2v) is 5.28. The van der Waals surface area contributed by atoms with Crippen molar-refractivity contribution in [2.24, 2.45) is 5.10 Å². The van der Waals surface area contributed by atoms with E-state index >= 15 is 0 Å². The molecule has 0 aromatic heterocycles. The first kappa shape index (κ1) is 17.3. The first-order chi connectivity index (χ1) is 11.6. The first-order valence-electron chi connectivity index (χ1n) is 7.78. The number of rotatable bonds is 7. The maximum Gasteiger partial charge on any atom is 0.271 e. The highest BCUT2D eigenvalue weighted by Gasteiger charge is 2.11. The molecule has 1 N–H and O–H groups in total. The molecule has 0 saturated carbocycles. The number of carbonyl (C=O) groups is 1. The minimum Gasteiger partial charge on any atom is -0.267 e. The average Bonchev–Trinajstić information content (AvgIpc) is 2.62. The average molecular weight is 325 g/mol. The van der Waals surface area contributed by atoms with Gasteiger partial charge in [-0.25, -0.2) is 5.43 Å². The Bertz CT molecular complexity index is 742. The zero-order chi connectivity index (χ0) is 17.4. The Hall–Kier alpha value is -3.02. The summed E-state index contributed by atoms with van der Waals surface area (Å²) in [6.45, 7) is 2.09. The van der Waals surface area contributed by atoms with Gasteiger partial charge in [-0.05, 0) is 24.5 Å². The minimum atomic E-state index is -0.531. The van der Waals surface area contributed by atoms with Crippen LogP contribution in [0.1, 0.15) is 42.1 Å². The molecule has 2 rings (SSSR count). The summed E-state index contributed by atoms with van der Waals surface area (Å²) in [6, 6.07) is 15.2. The van der Waals surface area contributed by atoms with Crippen LogP contribution in [0.5, 0.6) is 0 Å². The van der Waals surface area contributed by atoms with Crippen molar-refractivity contribution in [3.8, 4) is 0 Å². The number of nitro groups is 1. The van der Waals surface area contributed by atoms with Crippen LogP contribution < -0.4 is 5.43 Å². The standard InChI is InChI=1S/C18H19N3O3/c1-2-3-12-17(14-8-5-4-6-9-14)19-20-18(22)15-10-7-11-16(13-15)21(23)24/h4-11,13H,2-3,12H2,1H3,(H,20,22)/b19-17-. The number of nitrogens with zero attached hydrogens (tertiary/aromatic N) is 2. The van der Waals surface area contributed by atoms with Gasteiger partial charge in [-0.3, -0.25) is 14.9 Å². The van der Waals surface area contributed by atoms with Gasteiger partial charge in [-0.1, -0.05) is 49.7 Å². The van der Waals surface area contributed by atoms with Crippen LogP contribution in [0, 0.1) is 10.1 Å². The molecule has 0 fully saturated rings. The van der Waals surface area contributed by atoms with Gasteiger partial charge in [0.15, 0.2) is 0 Å². The number of hydrazone groups is 1. The lowest BCUT2D eigenvalue weighted by Gasteiger charge is -2.07. The third-order valence-corrected chi connectivity index (χ3v) is 3.49. The normalized spacial score (nSPS) is 11.1. The summed E-state index contributed by atoms with van der Waals surface area (Å²) in [7, 11) is 0. The molecule has 0 heterocycles. The molecule has 2 aromatic rings. The van der Waals surface area contributed by atoms with Gasteiger partial charge in [0.2, 0.25) is 0 Å². The second-order valence-electron chi connectivity index (χ2n) is 5.28. The number of nitrogens with one attached hydrogen (secondary N) is 1. The molecule has 24 heavy (non-hydrogen) atoms. The molecule has 0 atom stereocenters. The molecule has 0 bridgehead atoms. The molecule has 124 valence electrons. The number of unbranched alkanes of at least 4 members (excludes halogenated alkanes) is 1. The third-order valence-electron chi connectivity index (χ3n) is 3.49. The molecule has 0 radical (unpaired) electrons. The van der Waals surface area contributed by atoms with E-state index in [1.807, 2.05) is 30.3 Å². The summed E-state index contributed by atoms with van der Waals surface area (Å²) in [6.07, 6.45) is 2.72. The van der Waals surface area contributed by atoms with Gasteiger partial charge >= 0.3 is 0 Å². The molecule has 0 spiro atoms. The van der Waals surface area contributed by atoms with E-state index in [4.69, 9.17) is 0 Å². The van der Waals surface area contributed by atoms with Crippen LogP contribution in [0.15, 0.2) is 59.7 Å². The van der Waals surface area contributed by atoms with Crippen molar-refractivity contribution < 1.29 is 9.72 Å². The molecule has 6 heteroatoms. The molecule has 0 saturated heterocycles. The fraction of sp³-hybridized carbons (Fsp3) is 0.222. The van der Waals surface area contributed by atoms with Crippen LogP contribution in [-0.4, -0.2) is 16.5 Å². The van der Waals surface area contributed by atoms with E-state index in [0.29, 0.717) is 0 Å². The number of carbonyl (C=O) groups excluding carboxylic acids is 1. The molecule has 0 aliphatic rings. The summed E-state index contributed by atoms with van der Waals surface area (Å²) in [5, 5.41) is 15.0. The highest BCUT2D eigenvalue weighted by atomic mass is 16.6.